The van der Waals surface area contributed by atoms with E-state index in [2.05, 4.69) is 5.32 Å². The number of hydrogen-bond donors (Lipinski definition) is 3. The van der Waals surface area contributed by atoms with Crippen LogP contribution in [0, 0.1) is 10.1 Å². The van der Waals surface area contributed by atoms with Gasteiger partial charge in [-0.25, -0.2) is 14.0 Å². The highest BCUT2D eigenvalue weighted by Gasteiger charge is 2.48. The molecule has 0 saturated carbocycles. The molecule has 3 heterocycles. The molecule has 2 amide bonds. The fourth-order valence-corrected chi connectivity index (χ4v) is 5.22. The Hall–Kier alpha value is -2.03. The second kappa shape index (κ2) is 12.5. The molecule has 0 spiro atoms. The Balaban J connectivity index is 1.67. The van der Waals surface area contributed by atoms with Gasteiger partial charge in [-0.2, -0.15) is 0 Å². The first-order chi connectivity index (χ1) is 17.1. The molecular weight excluding hydrogens is 523 g/mol. The molecule has 3 N–H and O–H groups in total. The van der Waals surface area contributed by atoms with E-state index in [0.717, 1.165) is 11.0 Å². The third-order valence-electron chi connectivity index (χ3n) is 5.62. The van der Waals surface area contributed by atoms with Crippen molar-refractivity contribution in [3.8, 4) is 0 Å². The zero-order valence-electron chi connectivity index (χ0n) is 19.8. The molecule has 1 fully saturated rings. The van der Waals surface area contributed by atoms with Gasteiger partial charge in [-0.05, 0) is 39.0 Å². The van der Waals surface area contributed by atoms with Gasteiger partial charge in [-0.3, -0.25) is 24.1 Å². The Morgan fingerprint density at radius 2 is 2.06 bits per heavy atom. The Labute approximate surface area is 212 Å². The number of rotatable bonds is 13. The van der Waals surface area contributed by atoms with Crippen molar-refractivity contribution in [1.82, 2.24) is 14.9 Å². The van der Waals surface area contributed by atoms with Crippen molar-refractivity contribution in [2.45, 2.75) is 57.0 Å². The molecule has 3 rings (SSSR count). The van der Waals surface area contributed by atoms with Crippen LogP contribution in [0.2, 0.25) is 0 Å². The number of amides is 2. The van der Waals surface area contributed by atoms with Crippen LogP contribution in [0.1, 0.15) is 25.5 Å². The van der Waals surface area contributed by atoms with Gasteiger partial charge in [-0.15, -0.1) is 11.6 Å². The predicted octanol–water partition coefficient (Wildman–Crippen LogP) is 2.15. The van der Waals surface area contributed by atoms with Gasteiger partial charge in [0.1, 0.15) is 35.6 Å². The number of halogens is 1. The minimum Gasteiger partial charge on any atom is -0.403 e. The summed E-state index contributed by atoms with van der Waals surface area (Å²) in [5.74, 6) is -0.0221. The lowest BCUT2D eigenvalue weighted by molar-refractivity contribution is -0.402. The maximum absolute atomic E-state index is 13.6. The van der Waals surface area contributed by atoms with E-state index in [1.807, 2.05) is 0 Å². The molecule has 14 nitrogen and oxygen atoms in total. The monoisotopic (exact) mass is 552 g/mol. The number of ether oxygens (including phenoxy) is 1. The van der Waals surface area contributed by atoms with Gasteiger partial charge in [-0.1, -0.05) is 0 Å². The van der Waals surface area contributed by atoms with Crippen molar-refractivity contribution in [2.75, 3.05) is 26.1 Å². The first-order valence-corrected chi connectivity index (χ1v) is 13.3. The molecule has 0 bridgehead atoms. The summed E-state index contributed by atoms with van der Waals surface area (Å²) in [4.78, 5) is 23.5. The predicted molar refractivity (Wildman–Crippen MR) is 126 cm³/mol. The lowest BCUT2D eigenvalue weighted by Gasteiger charge is -2.31. The molecule has 36 heavy (non-hydrogen) atoms. The van der Waals surface area contributed by atoms with Gasteiger partial charge in [0.25, 0.3) is 0 Å². The third-order valence-corrected chi connectivity index (χ3v) is 7.85. The number of nitrogens with zero attached hydrogens (tertiary/aromatic N) is 3. The van der Waals surface area contributed by atoms with Gasteiger partial charge >= 0.3 is 19.7 Å². The van der Waals surface area contributed by atoms with Crippen LogP contribution in [0.4, 0.5) is 10.7 Å². The maximum Gasteiger partial charge on any atom is 0.433 e. The number of alkyl halides is 1. The van der Waals surface area contributed by atoms with E-state index in [9.17, 15) is 29.7 Å². The Kier molecular flexibility index (Phi) is 9.89. The maximum atomic E-state index is 13.6. The summed E-state index contributed by atoms with van der Waals surface area (Å²) in [6, 6.07) is 1.75. The number of carbonyl (C=O) groups is 1. The second-order valence-electron chi connectivity index (χ2n) is 8.35. The van der Waals surface area contributed by atoms with E-state index >= 15 is 0 Å². The quantitative estimate of drug-likeness (QED) is 0.107. The van der Waals surface area contributed by atoms with Gasteiger partial charge in [0.2, 0.25) is 0 Å². The van der Waals surface area contributed by atoms with Gasteiger partial charge in [0.15, 0.2) is 6.23 Å². The van der Waals surface area contributed by atoms with Crippen molar-refractivity contribution in [2.24, 2.45) is 0 Å². The highest BCUT2D eigenvalue weighted by atomic mass is 35.5. The molecule has 2 aliphatic rings. The first-order valence-electron chi connectivity index (χ1n) is 11.2. The van der Waals surface area contributed by atoms with Crippen molar-refractivity contribution in [1.29, 1.82) is 0 Å². The molecule has 0 aromatic carbocycles. The highest BCUT2D eigenvalue weighted by molar-refractivity contribution is 7.51. The summed E-state index contributed by atoms with van der Waals surface area (Å²) in [6.45, 7) is 1.23. The van der Waals surface area contributed by atoms with Crippen LogP contribution in [0.25, 0.3) is 0 Å². The highest BCUT2D eigenvalue weighted by Crippen LogP contribution is 2.52. The van der Waals surface area contributed by atoms with Crippen molar-refractivity contribution in [3.05, 3.63) is 40.3 Å². The number of carbonyl (C=O) groups excluding carboxylic acids is 1. The second-order valence-corrected chi connectivity index (χ2v) is 10.9. The number of nitro groups is 1. The fraction of sp³-hybridized carbons (Fsp3) is 0.650. The molecule has 6 unspecified atom stereocenters. The zero-order chi connectivity index (χ0) is 26.5. The molecule has 202 valence electrons. The molecule has 0 radical (unpaired) electrons. The van der Waals surface area contributed by atoms with Gasteiger partial charge in [0.05, 0.1) is 12.7 Å². The Morgan fingerprint density at radius 1 is 1.31 bits per heavy atom. The van der Waals surface area contributed by atoms with Gasteiger partial charge in [0, 0.05) is 24.7 Å². The van der Waals surface area contributed by atoms with Crippen molar-refractivity contribution in [3.63, 3.8) is 0 Å². The van der Waals surface area contributed by atoms with Crippen LogP contribution in [0.3, 0.4) is 0 Å². The summed E-state index contributed by atoms with van der Waals surface area (Å²) >= 11 is 5.72. The number of aliphatic hydroxyl groups is 2. The largest absolute Gasteiger partial charge is 0.433 e. The van der Waals surface area contributed by atoms with E-state index in [0.29, 0.717) is 25.3 Å². The minimum atomic E-state index is -4.02. The first kappa shape index (κ1) is 28.5. The molecule has 2 aliphatic heterocycles. The molecule has 6 atom stereocenters. The van der Waals surface area contributed by atoms with Gasteiger partial charge < -0.3 is 24.7 Å². The molecule has 1 aromatic rings. The van der Waals surface area contributed by atoms with Crippen molar-refractivity contribution >= 4 is 31.3 Å². The lowest BCUT2D eigenvalue weighted by atomic mass is 10.1. The normalized spacial score (nSPS) is 27.9. The molecule has 1 aromatic heterocycles. The molecule has 0 aliphatic carbocycles. The van der Waals surface area contributed by atoms with Crippen LogP contribution < -0.4 is 5.32 Å². The number of urea groups is 1. The van der Waals surface area contributed by atoms with Crippen molar-refractivity contribution < 1.29 is 42.7 Å². The molecule has 16 heteroatoms. The third kappa shape index (κ3) is 6.84. The standard InChI is InChI=1S/C20H30ClN4O10P/c1-13-7-10-24(20(28)22-13)19-18(27)17(26)15(35-19)12-33-36(31,23(2)9-4-3-8-21)32-11-14-5-6-16(34-14)25(29)30/h5-7,10,13,15,17-19,26-27H,3-4,8-9,11-12H2,1-2H3,(H,22,28). The van der Waals surface area contributed by atoms with Crippen LogP contribution in [0.5, 0.6) is 0 Å². The number of unbranched alkanes of at least 4 members (excludes halogenated alkanes) is 1. The minimum absolute atomic E-state index is 0.0597. The fourth-order valence-electron chi connectivity index (χ4n) is 3.55. The topological polar surface area (TPSA) is 177 Å². The summed E-state index contributed by atoms with van der Waals surface area (Å²) in [5, 5.41) is 34.5. The van der Waals surface area contributed by atoms with E-state index in [4.69, 9.17) is 29.8 Å². The van der Waals surface area contributed by atoms with Crippen LogP contribution in [-0.4, -0.2) is 87.4 Å². The van der Waals surface area contributed by atoms with Crippen LogP contribution in [-0.2, 0) is 25.0 Å². The molecule has 1 saturated heterocycles. The van der Waals surface area contributed by atoms with Crippen LogP contribution in [0.15, 0.2) is 28.8 Å². The Bertz CT molecular complexity index is 993. The number of aliphatic hydroxyl groups excluding tert-OH is 2. The smallest absolute Gasteiger partial charge is 0.403 e. The van der Waals surface area contributed by atoms with E-state index < -0.39 is 55.7 Å². The molecular formula is C20H30ClN4O10P. The zero-order valence-corrected chi connectivity index (χ0v) is 21.4. The average Bonchev–Trinajstić information content (AvgIpc) is 3.42. The number of nitrogens with one attached hydrogen (secondary N) is 1. The number of hydrogen-bond acceptors (Lipinski definition) is 10. The van der Waals surface area contributed by atoms with Crippen LogP contribution >= 0.6 is 19.3 Å². The summed E-state index contributed by atoms with van der Waals surface area (Å²) in [7, 11) is -2.51. The van der Waals surface area contributed by atoms with E-state index in [1.165, 1.54) is 24.0 Å². The van der Waals surface area contributed by atoms with E-state index in [1.54, 1.807) is 13.0 Å². The summed E-state index contributed by atoms with van der Waals surface area (Å²) in [6.07, 6.45) is -0.851. The SMILES string of the molecule is CC1C=CN(C2OC(COP(=O)(OCc3ccc([N+](=O)[O-])o3)N(C)CCCCCl)C(O)C2O)C(=O)N1. The lowest BCUT2D eigenvalue weighted by Crippen LogP contribution is -2.52. The summed E-state index contributed by atoms with van der Waals surface area (Å²) in [5.41, 5.74) is 0. The number of furan rings is 1. The summed E-state index contributed by atoms with van der Waals surface area (Å²) < 4.78 is 36.8. The van der Waals surface area contributed by atoms with E-state index in [-0.39, 0.29) is 18.4 Å². The average molecular weight is 553 g/mol. The Morgan fingerprint density at radius 3 is 2.69 bits per heavy atom.